The molecule has 1 aromatic carbocycles. The zero-order chi connectivity index (χ0) is 15.4. The van der Waals surface area contributed by atoms with Crippen LogP contribution >= 0.6 is 34.5 Å². The van der Waals surface area contributed by atoms with Gasteiger partial charge in [-0.05, 0) is 36.8 Å². The van der Waals surface area contributed by atoms with Crippen molar-refractivity contribution in [2.45, 2.75) is 13.3 Å². The van der Waals surface area contributed by atoms with Crippen molar-refractivity contribution in [1.82, 2.24) is 9.78 Å². The number of halogens is 2. The van der Waals surface area contributed by atoms with Crippen molar-refractivity contribution in [3.8, 4) is 16.3 Å². The fourth-order valence-corrected chi connectivity index (χ4v) is 4.47. The number of rotatable bonds is 2. The first-order chi connectivity index (χ1) is 10.6. The molecule has 0 saturated heterocycles. The molecule has 2 heterocycles. The Morgan fingerprint density at radius 2 is 2.14 bits per heavy atom. The summed E-state index contributed by atoms with van der Waals surface area (Å²) in [6, 6.07) is 7.45. The third kappa shape index (κ3) is 1.95. The topological polar surface area (TPSA) is 34.9 Å². The summed E-state index contributed by atoms with van der Waals surface area (Å²) in [6.07, 6.45) is 1.55. The van der Waals surface area contributed by atoms with Gasteiger partial charge in [-0.2, -0.15) is 5.10 Å². The standard InChI is InChI=1S/C16H10Cl2N2OS/c1-8-4-9-5-11-13(7-21)19-20(15(11)16(9)22-8)14-3-2-10(17)6-12(14)18/h2-4,6-7H,5H2,1H3. The average Bonchev–Trinajstić information content (AvgIpc) is 3.08. The molecule has 0 atom stereocenters. The van der Waals surface area contributed by atoms with Crippen molar-refractivity contribution in [1.29, 1.82) is 0 Å². The van der Waals surface area contributed by atoms with E-state index in [1.165, 1.54) is 15.3 Å². The van der Waals surface area contributed by atoms with Crippen LogP contribution in [-0.4, -0.2) is 16.1 Å². The fraction of sp³-hybridized carbons (Fsp3) is 0.125. The second kappa shape index (κ2) is 4.95. The van der Waals surface area contributed by atoms with Crippen LogP contribution in [0.15, 0.2) is 24.3 Å². The molecule has 6 heteroatoms. The van der Waals surface area contributed by atoms with Gasteiger partial charge < -0.3 is 0 Å². The van der Waals surface area contributed by atoms with Gasteiger partial charge >= 0.3 is 0 Å². The van der Waals surface area contributed by atoms with E-state index in [1.807, 2.05) is 6.07 Å². The molecule has 0 spiro atoms. The molecule has 110 valence electrons. The summed E-state index contributed by atoms with van der Waals surface area (Å²) in [5, 5.41) is 5.53. The average molecular weight is 349 g/mol. The molecule has 0 saturated carbocycles. The van der Waals surface area contributed by atoms with Gasteiger partial charge in [0.15, 0.2) is 6.29 Å². The summed E-state index contributed by atoms with van der Waals surface area (Å²) in [5.74, 6) is 0. The van der Waals surface area contributed by atoms with Crippen molar-refractivity contribution in [3.05, 3.63) is 56.0 Å². The van der Waals surface area contributed by atoms with Crippen LogP contribution in [0.5, 0.6) is 0 Å². The van der Waals surface area contributed by atoms with E-state index >= 15 is 0 Å². The Morgan fingerprint density at radius 3 is 2.86 bits per heavy atom. The predicted octanol–water partition coefficient (Wildman–Crippen LogP) is 4.93. The number of benzene rings is 1. The second-order valence-electron chi connectivity index (χ2n) is 5.23. The van der Waals surface area contributed by atoms with Crippen molar-refractivity contribution in [2.24, 2.45) is 0 Å². The summed E-state index contributed by atoms with van der Waals surface area (Å²) in [7, 11) is 0. The maximum Gasteiger partial charge on any atom is 0.170 e. The Morgan fingerprint density at radius 1 is 1.32 bits per heavy atom. The van der Waals surface area contributed by atoms with Gasteiger partial charge in [-0.15, -0.1) is 11.3 Å². The molecule has 0 radical (unpaired) electrons. The van der Waals surface area contributed by atoms with Gasteiger partial charge in [0.25, 0.3) is 0 Å². The molecular weight excluding hydrogens is 339 g/mol. The summed E-state index contributed by atoms with van der Waals surface area (Å²) >= 11 is 14.0. The number of aryl methyl sites for hydroxylation is 1. The normalized spacial score (nSPS) is 12.3. The maximum absolute atomic E-state index is 11.4. The lowest BCUT2D eigenvalue weighted by Gasteiger charge is -2.08. The Hall–Kier alpha value is -1.62. The van der Waals surface area contributed by atoms with E-state index in [-0.39, 0.29) is 0 Å². The van der Waals surface area contributed by atoms with Crippen molar-refractivity contribution >= 4 is 40.8 Å². The van der Waals surface area contributed by atoms with Crippen LogP contribution in [0.2, 0.25) is 10.0 Å². The molecule has 1 aliphatic rings. The van der Waals surface area contributed by atoms with Crippen molar-refractivity contribution < 1.29 is 4.79 Å². The Balaban J connectivity index is 2.01. The van der Waals surface area contributed by atoms with E-state index in [0.717, 1.165) is 29.7 Å². The van der Waals surface area contributed by atoms with Crippen molar-refractivity contribution in [2.75, 3.05) is 0 Å². The Kier molecular flexibility index (Phi) is 3.15. The van der Waals surface area contributed by atoms with Gasteiger partial charge in [-0.3, -0.25) is 4.79 Å². The number of carbonyl (C=O) groups is 1. The minimum absolute atomic E-state index is 0.474. The molecule has 0 fully saturated rings. The van der Waals surface area contributed by atoms with Crippen LogP contribution in [0.4, 0.5) is 0 Å². The zero-order valence-electron chi connectivity index (χ0n) is 11.6. The van der Waals surface area contributed by atoms with Gasteiger partial charge in [0.2, 0.25) is 0 Å². The number of hydrogen-bond acceptors (Lipinski definition) is 3. The molecule has 4 rings (SSSR count). The number of carbonyl (C=O) groups excluding carboxylic acids is 1. The molecular formula is C16H10Cl2N2OS. The van der Waals surface area contributed by atoms with E-state index in [9.17, 15) is 4.79 Å². The number of thiophene rings is 1. The van der Waals surface area contributed by atoms with Gasteiger partial charge in [0.1, 0.15) is 5.69 Å². The lowest BCUT2D eigenvalue weighted by molar-refractivity contribution is 0.111. The first-order valence-electron chi connectivity index (χ1n) is 6.70. The van der Waals surface area contributed by atoms with E-state index < -0.39 is 0 Å². The summed E-state index contributed by atoms with van der Waals surface area (Å²) in [5.41, 5.74) is 4.40. The molecule has 0 aliphatic heterocycles. The van der Waals surface area contributed by atoms with Crippen LogP contribution in [0.1, 0.15) is 26.5 Å². The van der Waals surface area contributed by atoms with E-state index in [1.54, 1.807) is 28.2 Å². The highest BCUT2D eigenvalue weighted by Gasteiger charge is 2.30. The molecule has 3 aromatic rings. The number of hydrogen-bond donors (Lipinski definition) is 0. The minimum Gasteiger partial charge on any atom is -0.296 e. The third-order valence-electron chi connectivity index (χ3n) is 3.78. The van der Waals surface area contributed by atoms with E-state index in [4.69, 9.17) is 23.2 Å². The van der Waals surface area contributed by atoms with E-state index in [2.05, 4.69) is 18.1 Å². The van der Waals surface area contributed by atoms with Crippen LogP contribution in [0, 0.1) is 6.92 Å². The Bertz CT molecular complexity index is 927. The third-order valence-corrected chi connectivity index (χ3v) is 5.42. The van der Waals surface area contributed by atoms with Gasteiger partial charge in [-0.25, -0.2) is 4.68 Å². The number of fused-ring (bicyclic) bond motifs is 3. The molecule has 0 unspecified atom stereocenters. The maximum atomic E-state index is 11.4. The highest BCUT2D eigenvalue weighted by atomic mass is 35.5. The summed E-state index contributed by atoms with van der Waals surface area (Å²) < 4.78 is 1.76. The highest BCUT2D eigenvalue weighted by Crippen LogP contribution is 2.44. The molecule has 3 nitrogen and oxygen atoms in total. The monoisotopic (exact) mass is 348 g/mol. The lowest BCUT2D eigenvalue weighted by atomic mass is 10.1. The zero-order valence-corrected chi connectivity index (χ0v) is 13.9. The predicted molar refractivity (Wildman–Crippen MR) is 89.8 cm³/mol. The highest BCUT2D eigenvalue weighted by molar-refractivity contribution is 7.15. The smallest absolute Gasteiger partial charge is 0.170 e. The quantitative estimate of drug-likeness (QED) is 0.481. The number of aldehydes is 1. The van der Waals surface area contributed by atoms with Gasteiger partial charge in [0.05, 0.1) is 21.3 Å². The largest absolute Gasteiger partial charge is 0.296 e. The van der Waals surface area contributed by atoms with Crippen LogP contribution in [0.25, 0.3) is 16.3 Å². The van der Waals surface area contributed by atoms with Crippen molar-refractivity contribution in [3.63, 3.8) is 0 Å². The van der Waals surface area contributed by atoms with Crippen LogP contribution in [0.3, 0.4) is 0 Å². The first-order valence-corrected chi connectivity index (χ1v) is 8.28. The van der Waals surface area contributed by atoms with Gasteiger partial charge in [-0.1, -0.05) is 23.2 Å². The Labute approximate surface area is 141 Å². The van der Waals surface area contributed by atoms with Gasteiger partial charge in [0, 0.05) is 21.9 Å². The summed E-state index contributed by atoms with van der Waals surface area (Å²) in [6.45, 7) is 2.08. The SMILES string of the molecule is Cc1cc2c(s1)-c1c(c(C=O)nn1-c1ccc(Cl)cc1Cl)C2. The molecule has 2 aromatic heterocycles. The lowest BCUT2D eigenvalue weighted by Crippen LogP contribution is -2.00. The summed E-state index contributed by atoms with van der Waals surface area (Å²) in [4.78, 5) is 13.8. The second-order valence-corrected chi connectivity index (χ2v) is 7.33. The molecule has 0 amide bonds. The van der Waals surface area contributed by atoms with E-state index in [0.29, 0.717) is 15.7 Å². The first kappa shape index (κ1) is 14.0. The van der Waals surface area contributed by atoms with Crippen LogP contribution < -0.4 is 0 Å². The molecule has 22 heavy (non-hydrogen) atoms. The molecule has 0 bridgehead atoms. The number of aromatic nitrogens is 2. The number of nitrogens with zero attached hydrogens (tertiary/aromatic N) is 2. The minimum atomic E-state index is 0.474. The molecule has 0 N–H and O–H groups in total. The van der Waals surface area contributed by atoms with Crippen LogP contribution in [-0.2, 0) is 6.42 Å². The fourth-order valence-electron chi connectivity index (χ4n) is 2.89. The molecule has 1 aliphatic carbocycles.